The summed E-state index contributed by atoms with van der Waals surface area (Å²) in [6, 6.07) is 0. The second kappa shape index (κ2) is 7.09. The maximum atomic E-state index is 10.5. The summed E-state index contributed by atoms with van der Waals surface area (Å²) in [5.74, 6) is -1.40. The number of unbranched alkanes of at least 4 members (excludes halogenated alkanes) is 1. The molecule has 0 fully saturated rings. The molecule has 0 saturated heterocycles. The highest BCUT2D eigenvalue weighted by Crippen LogP contribution is 1.95. The second-order valence-corrected chi connectivity index (χ2v) is 2.74. The van der Waals surface area contributed by atoms with Crippen molar-refractivity contribution >= 4 is 27.9 Å². The smallest absolute Gasteiger partial charge is 0.316 e. The number of carbonyl (C=O) groups is 2. The van der Waals surface area contributed by atoms with E-state index in [9.17, 15) is 14.7 Å². The van der Waals surface area contributed by atoms with Crippen molar-refractivity contribution in [3.8, 4) is 0 Å². The largest absolute Gasteiger partial charge is 0.550 e. The molecule has 0 bridgehead atoms. The highest BCUT2D eigenvalue weighted by molar-refractivity contribution is 9.09. The summed E-state index contributed by atoms with van der Waals surface area (Å²) < 4.78 is 4.67. The molecular weight excluding hydrogens is 228 g/mol. The molecule has 0 atom stereocenters. The van der Waals surface area contributed by atoms with Crippen LogP contribution in [0.5, 0.6) is 0 Å². The molecule has 0 aromatic rings. The molecule has 0 unspecified atom stereocenters. The molecule has 0 spiro atoms. The van der Waals surface area contributed by atoms with Gasteiger partial charge in [-0.25, -0.2) is 0 Å². The van der Waals surface area contributed by atoms with Gasteiger partial charge in [0, 0.05) is 5.97 Å². The van der Waals surface area contributed by atoms with Crippen LogP contribution >= 0.6 is 15.9 Å². The minimum absolute atomic E-state index is 0.0197. The van der Waals surface area contributed by atoms with Crippen LogP contribution in [0.25, 0.3) is 0 Å². The summed E-state index contributed by atoms with van der Waals surface area (Å²) >= 11 is 2.93. The van der Waals surface area contributed by atoms with Crippen LogP contribution in [0.1, 0.15) is 19.3 Å². The summed E-state index contributed by atoms with van der Waals surface area (Å²) in [6.07, 6.45) is 1.07. The van der Waals surface area contributed by atoms with Gasteiger partial charge in [0.15, 0.2) is 0 Å². The van der Waals surface area contributed by atoms with Crippen LogP contribution in [0.15, 0.2) is 0 Å². The summed E-state index contributed by atoms with van der Waals surface area (Å²) in [4.78, 5) is 20.4. The van der Waals surface area contributed by atoms with E-state index in [1.165, 1.54) is 0 Å². The van der Waals surface area contributed by atoms with E-state index < -0.39 is 5.97 Å². The number of aliphatic carboxylic acids is 1. The van der Waals surface area contributed by atoms with Crippen LogP contribution in [-0.2, 0) is 14.3 Å². The number of carboxylic acid groups (broad SMARTS) is 1. The molecule has 0 saturated carbocycles. The number of ether oxygens (including phenoxy) is 1. The Balaban J connectivity index is 3.11. The van der Waals surface area contributed by atoms with Crippen LogP contribution in [0.4, 0.5) is 0 Å². The van der Waals surface area contributed by atoms with Gasteiger partial charge in [-0.15, -0.1) is 0 Å². The molecule has 0 heterocycles. The zero-order valence-corrected chi connectivity index (χ0v) is 8.13. The van der Waals surface area contributed by atoms with E-state index in [-0.39, 0.29) is 24.3 Å². The number of alkyl halides is 1. The van der Waals surface area contributed by atoms with Crippen molar-refractivity contribution in [1.29, 1.82) is 0 Å². The van der Waals surface area contributed by atoms with E-state index >= 15 is 0 Å². The van der Waals surface area contributed by atoms with E-state index in [1.54, 1.807) is 0 Å². The molecule has 0 N–H and O–H groups in total. The van der Waals surface area contributed by atoms with E-state index in [2.05, 4.69) is 20.7 Å². The van der Waals surface area contributed by atoms with Gasteiger partial charge >= 0.3 is 5.97 Å². The fraction of sp³-hybridized carbons (Fsp3) is 0.714. The number of esters is 1. The van der Waals surface area contributed by atoms with Crippen LogP contribution in [-0.4, -0.2) is 23.9 Å². The topological polar surface area (TPSA) is 66.4 Å². The number of halogens is 1. The quantitative estimate of drug-likeness (QED) is 0.366. The van der Waals surface area contributed by atoms with Gasteiger partial charge in [-0.2, -0.15) is 0 Å². The lowest BCUT2D eigenvalue weighted by molar-refractivity contribution is -0.305. The van der Waals surface area contributed by atoms with E-state index in [0.717, 1.165) is 0 Å². The summed E-state index contributed by atoms with van der Waals surface area (Å²) in [5, 5.41) is 10.1. The number of hydrogen-bond acceptors (Lipinski definition) is 4. The van der Waals surface area contributed by atoms with Gasteiger partial charge in [0.05, 0.1) is 6.61 Å². The molecule has 12 heavy (non-hydrogen) atoms. The van der Waals surface area contributed by atoms with Crippen LogP contribution in [0.3, 0.4) is 0 Å². The molecular formula is C7H10BrO4-. The fourth-order valence-corrected chi connectivity index (χ4v) is 0.758. The normalized spacial score (nSPS) is 9.42. The highest BCUT2D eigenvalue weighted by Gasteiger charge is 1.97. The number of carbonyl (C=O) groups excluding carboxylic acids is 2. The Kier molecular flexibility index (Phi) is 6.75. The van der Waals surface area contributed by atoms with Gasteiger partial charge in [0.1, 0.15) is 5.33 Å². The number of hydrogen-bond donors (Lipinski definition) is 0. The summed E-state index contributed by atoms with van der Waals surface area (Å²) in [7, 11) is 0. The maximum Gasteiger partial charge on any atom is 0.316 e. The predicted molar refractivity (Wildman–Crippen MR) is 43.6 cm³/mol. The first-order valence-corrected chi connectivity index (χ1v) is 4.70. The molecule has 0 aliphatic rings. The van der Waals surface area contributed by atoms with Crippen molar-refractivity contribution in [2.45, 2.75) is 19.3 Å². The molecule has 4 nitrogen and oxygen atoms in total. The summed E-state index contributed by atoms with van der Waals surface area (Å²) in [5.41, 5.74) is 0. The van der Waals surface area contributed by atoms with Gasteiger partial charge in [-0.1, -0.05) is 15.9 Å². The van der Waals surface area contributed by atoms with Gasteiger partial charge in [0.2, 0.25) is 0 Å². The van der Waals surface area contributed by atoms with Crippen molar-refractivity contribution in [3.05, 3.63) is 0 Å². The van der Waals surface area contributed by atoms with Crippen molar-refractivity contribution in [2.75, 3.05) is 11.9 Å². The van der Waals surface area contributed by atoms with Crippen LogP contribution < -0.4 is 5.11 Å². The lowest BCUT2D eigenvalue weighted by Gasteiger charge is -2.02. The molecule has 0 aromatic heterocycles. The van der Waals surface area contributed by atoms with E-state index in [1.807, 2.05) is 0 Å². The molecule has 0 aromatic carbocycles. The van der Waals surface area contributed by atoms with Crippen molar-refractivity contribution in [3.63, 3.8) is 0 Å². The Morgan fingerprint density at radius 1 is 1.33 bits per heavy atom. The third-order valence-corrected chi connectivity index (χ3v) is 1.61. The van der Waals surface area contributed by atoms with Gasteiger partial charge in [0.25, 0.3) is 0 Å². The fourth-order valence-electron chi connectivity index (χ4n) is 0.596. The van der Waals surface area contributed by atoms with Crippen molar-refractivity contribution in [1.82, 2.24) is 0 Å². The molecule has 70 valence electrons. The van der Waals surface area contributed by atoms with Gasteiger partial charge in [-0.05, 0) is 19.3 Å². The van der Waals surface area contributed by atoms with Gasteiger partial charge < -0.3 is 14.6 Å². The Labute approximate surface area is 79.0 Å². The predicted octanol–water partition coefficient (Wildman–Crippen LogP) is -0.155. The first kappa shape index (κ1) is 11.4. The molecule has 0 rings (SSSR count). The standard InChI is InChI=1S/C7H11BrO4/c8-5-7(11)12-4-2-1-3-6(9)10/h1-5H2,(H,9,10)/p-1. The monoisotopic (exact) mass is 237 g/mol. The molecule has 0 amide bonds. The van der Waals surface area contributed by atoms with Crippen molar-refractivity contribution < 1.29 is 19.4 Å². The Morgan fingerprint density at radius 3 is 2.50 bits per heavy atom. The Morgan fingerprint density at radius 2 is 2.00 bits per heavy atom. The number of rotatable bonds is 6. The number of carboxylic acids is 1. The maximum absolute atomic E-state index is 10.5. The zero-order valence-electron chi connectivity index (χ0n) is 6.55. The summed E-state index contributed by atoms with van der Waals surface area (Å²) in [6.45, 7) is 0.276. The van der Waals surface area contributed by atoms with Crippen molar-refractivity contribution in [2.24, 2.45) is 0 Å². The highest BCUT2D eigenvalue weighted by atomic mass is 79.9. The molecule has 0 aliphatic carbocycles. The zero-order chi connectivity index (χ0) is 9.40. The third kappa shape index (κ3) is 7.53. The van der Waals surface area contributed by atoms with E-state index in [0.29, 0.717) is 12.8 Å². The second-order valence-electron chi connectivity index (χ2n) is 2.18. The molecule has 5 heteroatoms. The minimum Gasteiger partial charge on any atom is -0.550 e. The van der Waals surface area contributed by atoms with Crippen LogP contribution in [0.2, 0.25) is 0 Å². The Hall–Kier alpha value is -0.580. The van der Waals surface area contributed by atoms with Crippen LogP contribution in [0, 0.1) is 0 Å². The lowest BCUT2D eigenvalue weighted by Crippen LogP contribution is -2.21. The molecule has 0 aliphatic heterocycles. The van der Waals surface area contributed by atoms with E-state index in [4.69, 9.17) is 0 Å². The lowest BCUT2D eigenvalue weighted by atomic mass is 10.2. The SMILES string of the molecule is O=C([O-])CCCCOC(=O)CBr. The molecule has 0 radical (unpaired) electrons. The first-order valence-electron chi connectivity index (χ1n) is 3.58. The third-order valence-electron chi connectivity index (χ3n) is 1.15. The first-order chi connectivity index (χ1) is 5.66. The average molecular weight is 238 g/mol. The van der Waals surface area contributed by atoms with Gasteiger partial charge in [-0.3, -0.25) is 4.79 Å². The average Bonchev–Trinajstić information content (AvgIpc) is 2.03. The minimum atomic E-state index is -1.07. The Bertz CT molecular complexity index is 157.